The number of esters is 1. The number of hydrogen-bond donors (Lipinski definition) is 0. The van der Waals surface area contributed by atoms with Crippen LogP contribution in [0.3, 0.4) is 0 Å². The minimum Gasteiger partial charge on any atom is -0.461 e. The molecule has 1 heterocycles. The predicted octanol–water partition coefficient (Wildman–Crippen LogP) is 3.87. The third-order valence-corrected chi connectivity index (χ3v) is 2.32. The van der Waals surface area contributed by atoms with Gasteiger partial charge in [0.15, 0.2) is 5.69 Å². The first kappa shape index (κ1) is 15.6. The molecule has 0 aliphatic heterocycles. The molecule has 0 saturated heterocycles. The Bertz CT molecular complexity index is 490. The zero-order chi connectivity index (χ0) is 14.8. The molecule has 1 aromatic heterocycles. The summed E-state index contributed by atoms with van der Waals surface area (Å²) >= 11 is 5.32. The van der Waals surface area contributed by atoms with Crippen LogP contribution < -0.4 is 0 Å². The van der Waals surface area contributed by atoms with Crippen molar-refractivity contribution in [2.24, 2.45) is 0 Å². The van der Waals surface area contributed by atoms with E-state index in [-0.39, 0.29) is 12.7 Å². The van der Waals surface area contributed by atoms with E-state index in [0.717, 1.165) is 0 Å². The zero-order valence-corrected chi connectivity index (χ0v) is 10.1. The van der Waals surface area contributed by atoms with Crippen molar-refractivity contribution in [1.29, 1.82) is 0 Å². The standard InChI is InChI=1S/C10H7ClF5NO2/c1-2-19-9(18)6-5(10(14,15)16)3-4(8(12)13)7(11)17-6/h3,8H,2H2,1H3. The van der Waals surface area contributed by atoms with E-state index in [1.165, 1.54) is 6.92 Å². The highest BCUT2D eigenvalue weighted by molar-refractivity contribution is 6.30. The minimum absolute atomic E-state index is 0.103. The fraction of sp³-hybridized carbons (Fsp3) is 0.400. The van der Waals surface area contributed by atoms with E-state index >= 15 is 0 Å². The molecule has 3 nitrogen and oxygen atoms in total. The summed E-state index contributed by atoms with van der Waals surface area (Å²) < 4.78 is 67.4. The molecule has 0 bridgehead atoms. The number of ether oxygens (including phenoxy) is 1. The van der Waals surface area contributed by atoms with Crippen LogP contribution in [0.4, 0.5) is 22.0 Å². The van der Waals surface area contributed by atoms with E-state index in [4.69, 9.17) is 11.6 Å². The molecule has 19 heavy (non-hydrogen) atoms. The van der Waals surface area contributed by atoms with Crippen LogP contribution in [0, 0.1) is 0 Å². The van der Waals surface area contributed by atoms with Crippen LogP contribution in [0.1, 0.15) is 35.0 Å². The van der Waals surface area contributed by atoms with E-state index in [9.17, 15) is 26.7 Å². The van der Waals surface area contributed by atoms with Gasteiger partial charge in [0.25, 0.3) is 6.43 Å². The molecular formula is C10H7ClF5NO2. The van der Waals surface area contributed by atoms with Crippen LogP contribution in [0.5, 0.6) is 0 Å². The van der Waals surface area contributed by atoms with Gasteiger partial charge in [-0.3, -0.25) is 0 Å². The van der Waals surface area contributed by atoms with Crippen molar-refractivity contribution in [2.75, 3.05) is 6.61 Å². The number of alkyl halides is 5. The lowest BCUT2D eigenvalue weighted by atomic mass is 10.1. The zero-order valence-electron chi connectivity index (χ0n) is 9.39. The summed E-state index contributed by atoms with van der Waals surface area (Å²) in [4.78, 5) is 14.4. The van der Waals surface area contributed by atoms with Gasteiger partial charge >= 0.3 is 12.1 Å². The van der Waals surface area contributed by atoms with Gasteiger partial charge < -0.3 is 4.74 Å². The molecule has 0 aromatic carbocycles. The van der Waals surface area contributed by atoms with Crippen LogP contribution in [0.2, 0.25) is 5.15 Å². The van der Waals surface area contributed by atoms with Gasteiger partial charge in [-0.25, -0.2) is 18.6 Å². The molecule has 1 rings (SSSR count). The largest absolute Gasteiger partial charge is 0.461 e. The Kier molecular flexibility index (Phi) is 4.67. The average Bonchev–Trinajstić information content (AvgIpc) is 2.26. The lowest BCUT2D eigenvalue weighted by Gasteiger charge is -2.13. The Balaban J connectivity index is 3.45. The molecule has 0 amide bonds. The predicted molar refractivity (Wildman–Crippen MR) is 55.2 cm³/mol. The molecule has 0 radical (unpaired) electrons. The second kappa shape index (κ2) is 5.68. The van der Waals surface area contributed by atoms with Crippen LogP contribution in [-0.2, 0) is 10.9 Å². The Morgan fingerprint density at radius 3 is 2.47 bits per heavy atom. The number of hydrogen-bond acceptors (Lipinski definition) is 3. The third-order valence-electron chi connectivity index (χ3n) is 2.01. The first-order valence-corrected chi connectivity index (χ1v) is 5.29. The van der Waals surface area contributed by atoms with Gasteiger partial charge in [-0.1, -0.05) is 11.6 Å². The van der Waals surface area contributed by atoms with Gasteiger partial charge in [0, 0.05) is 0 Å². The summed E-state index contributed by atoms with van der Waals surface area (Å²) in [6, 6.07) is 0.103. The van der Waals surface area contributed by atoms with Gasteiger partial charge in [-0.15, -0.1) is 0 Å². The SMILES string of the molecule is CCOC(=O)c1nc(Cl)c(C(F)F)cc1C(F)(F)F. The van der Waals surface area contributed by atoms with Crippen molar-refractivity contribution in [1.82, 2.24) is 4.98 Å². The fourth-order valence-corrected chi connectivity index (χ4v) is 1.45. The normalized spacial score (nSPS) is 11.8. The summed E-state index contributed by atoms with van der Waals surface area (Å²) in [5, 5.41) is -0.869. The van der Waals surface area contributed by atoms with Crippen LogP contribution in [-0.4, -0.2) is 17.6 Å². The Labute approximate surface area is 109 Å². The number of rotatable bonds is 3. The number of nitrogens with zero attached hydrogens (tertiary/aromatic N) is 1. The quantitative estimate of drug-likeness (QED) is 0.483. The van der Waals surface area contributed by atoms with E-state index in [0.29, 0.717) is 0 Å². The summed E-state index contributed by atoms with van der Waals surface area (Å²) in [6.45, 7) is 1.19. The first-order valence-electron chi connectivity index (χ1n) is 4.91. The Morgan fingerprint density at radius 2 is 2.05 bits per heavy atom. The van der Waals surface area contributed by atoms with Crippen molar-refractivity contribution >= 4 is 17.6 Å². The highest BCUT2D eigenvalue weighted by atomic mass is 35.5. The van der Waals surface area contributed by atoms with E-state index in [1.54, 1.807) is 0 Å². The summed E-state index contributed by atoms with van der Waals surface area (Å²) in [5.74, 6) is -1.38. The van der Waals surface area contributed by atoms with E-state index in [2.05, 4.69) is 9.72 Å². The second-order valence-electron chi connectivity index (χ2n) is 3.28. The van der Waals surface area contributed by atoms with E-state index in [1.807, 2.05) is 0 Å². The van der Waals surface area contributed by atoms with Gasteiger partial charge in [0.05, 0.1) is 17.7 Å². The number of pyridine rings is 1. The smallest absolute Gasteiger partial charge is 0.418 e. The van der Waals surface area contributed by atoms with Crippen molar-refractivity contribution < 1.29 is 31.5 Å². The van der Waals surface area contributed by atoms with Gasteiger partial charge in [-0.05, 0) is 13.0 Å². The molecule has 0 aliphatic carbocycles. The number of halogens is 6. The molecule has 1 aromatic rings. The maximum atomic E-state index is 12.7. The Morgan fingerprint density at radius 1 is 1.47 bits per heavy atom. The van der Waals surface area contributed by atoms with Gasteiger partial charge in [-0.2, -0.15) is 13.2 Å². The van der Waals surface area contributed by atoms with Crippen molar-refractivity contribution in [2.45, 2.75) is 19.5 Å². The molecular weight excluding hydrogens is 297 g/mol. The maximum absolute atomic E-state index is 12.7. The monoisotopic (exact) mass is 303 g/mol. The lowest BCUT2D eigenvalue weighted by Crippen LogP contribution is -2.18. The second-order valence-corrected chi connectivity index (χ2v) is 3.64. The average molecular weight is 304 g/mol. The third kappa shape index (κ3) is 3.52. The van der Waals surface area contributed by atoms with Gasteiger partial charge in [0.2, 0.25) is 0 Å². The molecule has 0 N–H and O–H groups in total. The molecule has 9 heteroatoms. The molecule has 0 unspecified atom stereocenters. The number of carbonyl (C=O) groups excluding carboxylic acids is 1. The van der Waals surface area contributed by atoms with Crippen molar-refractivity contribution in [3.05, 3.63) is 28.0 Å². The van der Waals surface area contributed by atoms with Crippen molar-refractivity contribution in [3.63, 3.8) is 0 Å². The molecule has 0 aliphatic rings. The fourth-order valence-electron chi connectivity index (χ4n) is 1.23. The molecule has 0 fully saturated rings. The highest BCUT2D eigenvalue weighted by Crippen LogP contribution is 2.36. The summed E-state index contributed by atoms with van der Waals surface area (Å²) in [6.07, 6.45) is -8.26. The van der Waals surface area contributed by atoms with Crippen LogP contribution in [0.25, 0.3) is 0 Å². The topological polar surface area (TPSA) is 39.2 Å². The highest BCUT2D eigenvalue weighted by Gasteiger charge is 2.38. The maximum Gasteiger partial charge on any atom is 0.418 e. The van der Waals surface area contributed by atoms with Crippen LogP contribution >= 0.6 is 11.6 Å². The summed E-state index contributed by atoms with van der Waals surface area (Å²) in [7, 11) is 0. The van der Waals surface area contributed by atoms with E-state index < -0.39 is 40.5 Å². The van der Waals surface area contributed by atoms with Crippen LogP contribution in [0.15, 0.2) is 6.07 Å². The molecule has 106 valence electrons. The minimum atomic E-state index is -5.02. The van der Waals surface area contributed by atoms with Gasteiger partial charge in [0.1, 0.15) is 5.15 Å². The number of carbonyl (C=O) groups is 1. The lowest BCUT2D eigenvalue weighted by molar-refractivity contribution is -0.138. The molecule has 0 spiro atoms. The summed E-state index contributed by atoms with van der Waals surface area (Å²) in [5.41, 5.74) is -3.84. The molecule has 0 atom stereocenters. The Hall–Kier alpha value is -1.44. The first-order chi connectivity index (χ1) is 8.68. The number of aromatic nitrogens is 1. The molecule has 0 saturated carbocycles. The van der Waals surface area contributed by atoms with Crippen molar-refractivity contribution in [3.8, 4) is 0 Å².